The largest absolute Gasteiger partial charge is 0.497 e. The number of nitrogens with zero attached hydrogens (tertiary/aromatic N) is 2. The van der Waals surface area contributed by atoms with Crippen molar-refractivity contribution in [2.24, 2.45) is 0 Å². The molecule has 0 atom stereocenters. The van der Waals surface area contributed by atoms with Crippen LogP contribution in [0.25, 0.3) is 16.6 Å². The first-order valence-electron chi connectivity index (χ1n) is 9.22. The maximum atomic E-state index is 13.3. The first-order chi connectivity index (χ1) is 13.5. The molecule has 0 saturated carbocycles. The third-order valence-corrected chi connectivity index (χ3v) is 5.14. The number of benzene rings is 2. The average Bonchev–Trinajstić information content (AvgIpc) is 3.18. The summed E-state index contributed by atoms with van der Waals surface area (Å²) in [6, 6.07) is 19.9. The number of ether oxygens (including phenoxy) is 1. The summed E-state index contributed by atoms with van der Waals surface area (Å²) < 4.78 is 9.33. The molecule has 2 heterocycles. The molecule has 1 amide bonds. The van der Waals surface area contributed by atoms with Gasteiger partial charge in [-0.2, -0.15) is 0 Å². The summed E-state index contributed by atoms with van der Waals surface area (Å²) in [7, 11) is 1.63. The highest BCUT2D eigenvalue weighted by Gasteiger charge is 2.22. The van der Waals surface area contributed by atoms with E-state index >= 15 is 0 Å². The number of nitrogens with one attached hydrogen (secondary N) is 1. The lowest BCUT2D eigenvalue weighted by molar-refractivity contribution is 0.101. The van der Waals surface area contributed by atoms with Crippen molar-refractivity contribution in [3.8, 4) is 11.4 Å². The minimum Gasteiger partial charge on any atom is -0.497 e. The number of hydrogen-bond donors (Lipinski definition) is 1. The molecule has 0 aliphatic heterocycles. The molecule has 2 aromatic heterocycles. The Kier molecular flexibility index (Phi) is 4.43. The monoisotopic (exact) mass is 373 g/mol. The third-order valence-electron chi connectivity index (χ3n) is 5.14. The summed E-state index contributed by atoms with van der Waals surface area (Å²) >= 11 is 0. The number of rotatable bonds is 4. The summed E-state index contributed by atoms with van der Waals surface area (Å²) in [5, 5.41) is 0.862. The predicted octanol–water partition coefficient (Wildman–Crippen LogP) is 4.75. The Balaban J connectivity index is 1.92. The molecule has 5 nitrogen and oxygen atoms in total. The molecular formula is C23H23N3O2. The van der Waals surface area contributed by atoms with Gasteiger partial charge in [0.05, 0.1) is 18.2 Å². The Morgan fingerprint density at radius 2 is 1.61 bits per heavy atom. The minimum absolute atomic E-state index is 0.146. The van der Waals surface area contributed by atoms with Crippen LogP contribution in [0, 0.1) is 20.8 Å². The smallest absolute Gasteiger partial charge is 0.272 e. The van der Waals surface area contributed by atoms with Gasteiger partial charge in [-0.25, -0.2) is 0 Å². The number of fused-ring (bicyclic) bond motifs is 1. The molecule has 142 valence electrons. The van der Waals surface area contributed by atoms with E-state index in [2.05, 4.69) is 9.99 Å². The molecule has 1 N–H and O–H groups in total. The van der Waals surface area contributed by atoms with Gasteiger partial charge >= 0.3 is 0 Å². The van der Waals surface area contributed by atoms with Crippen LogP contribution in [-0.4, -0.2) is 22.3 Å². The van der Waals surface area contributed by atoms with Gasteiger partial charge in [0.25, 0.3) is 5.91 Å². The maximum absolute atomic E-state index is 13.3. The van der Waals surface area contributed by atoms with Crippen molar-refractivity contribution in [2.75, 3.05) is 12.5 Å². The lowest BCUT2D eigenvalue weighted by Crippen LogP contribution is -2.25. The first kappa shape index (κ1) is 17.9. The number of carbonyl (C=O) groups excluding carboxylic acids is 1. The van der Waals surface area contributed by atoms with Crippen molar-refractivity contribution >= 4 is 16.8 Å². The fourth-order valence-corrected chi connectivity index (χ4v) is 3.72. The highest BCUT2D eigenvalue weighted by atomic mass is 16.5. The van der Waals surface area contributed by atoms with Crippen molar-refractivity contribution in [2.45, 2.75) is 20.8 Å². The molecule has 0 fully saturated rings. The second kappa shape index (κ2) is 6.93. The predicted molar refractivity (Wildman–Crippen MR) is 112 cm³/mol. The van der Waals surface area contributed by atoms with Crippen LogP contribution in [0.4, 0.5) is 0 Å². The van der Waals surface area contributed by atoms with Crippen LogP contribution in [0.2, 0.25) is 0 Å². The molecule has 0 aliphatic rings. The average molecular weight is 373 g/mol. The number of carbonyl (C=O) groups is 1. The fourth-order valence-electron chi connectivity index (χ4n) is 3.72. The highest BCUT2D eigenvalue weighted by molar-refractivity contribution is 6.12. The molecule has 4 aromatic rings. The molecule has 0 radical (unpaired) electrons. The van der Waals surface area contributed by atoms with Gasteiger partial charge in [0.15, 0.2) is 0 Å². The Hall–Kier alpha value is -3.47. The molecule has 0 unspecified atom stereocenters. The summed E-state index contributed by atoms with van der Waals surface area (Å²) in [6.45, 7) is 5.91. The molecule has 0 bridgehead atoms. The first-order valence-corrected chi connectivity index (χ1v) is 9.22. The normalized spacial score (nSPS) is 11.0. The van der Waals surface area contributed by atoms with Crippen molar-refractivity contribution in [1.29, 1.82) is 0 Å². The van der Waals surface area contributed by atoms with Gasteiger partial charge in [-0.05, 0) is 63.2 Å². The van der Waals surface area contributed by atoms with Gasteiger partial charge in [0.2, 0.25) is 0 Å². The zero-order valence-corrected chi connectivity index (χ0v) is 16.5. The number of hydrogen-bond acceptors (Lipinski definition) is 2. The van der Waals surface area contributed by atoms with E-state index in [-0.39, 0.29) is 5.91 Å². The van der Waals surface area contributed by atoms with E-state index in [1.54, 1.807) is 7.11 Å². The number of aryl methyl sites for hydroxylation is 2. The highest BCUT2D eigenvalue weighted by Crippen LogP contribution is 2.32. The van der Waals surface area contributed by atoms with Crippen LogP contribution in [0.3, 0.4) is 0 Å². The Labute approximate surface area is 164 Å². The van der Waals surface area contributed by atoms with E-state index in [1.165, 1.54) is 0 Å². The van der Waals surface area contributed by atoms with Gasteiger partial charge in [0.1, 0.15) is 5.75 Å². The van der Waals surface area contributed by atoms with Crippen molar-refractivity contribution in [3.05, 3.63) is 83.3 Å². The summed E-state index contributed by atoms with van der Waals surface area (Å²) in [4.78, 5) is 13.3. The van der Waals surface area contributed by atoms with Crippen molar-refractivity contribution in [3.63, 3.8) is 0 Å². The van der Waals surface area contributed by atoms with Gasteiger partial charge in [-0.15, -0.1) is 0 Å². The van der Waals surface area contributed by atoms with Crippen molar-refractivity contribution < 1.29 is 9.53 Å². The Morgan fingerprint density at radius 1 is 0.929 bits per heavy atom. The number of amides is 1. The molecule has 4 rings (SSSR count). The number of methoxy groups -OCH3 is 1. The lowest BCUT2D eigenvalue weighted by atomic mass is 10.1. The van der Waals surface area contributed by atoms with Gasteiger partial charge in [-0.1, -0.05) is 18.2 Å². The van der Waals surface area contributed by atoms with Crippen LogP contribution < -0.4 is 10.2 Å². The quantitative estimate of drug-likeness (QED) is 0.561. The van der Waals surface area contributed by atoms with E-state index < -0.39 is 0 Å². The molecular weight excluding hydrogens is 350 g/mol. The zero-order valence-electron chi connectivity index (χ0n) is 16.5. The summed E-state index contributed by atoms with van der Waals surface area (Å²) in [5.74, 6) is 0.577. The van der Waals surface area contributed by atoms with Crippen LogP contribution >= 0.6 is 0 Å². The van der Waals surface area contributed by atoms with Crippen LogP contribution in [0.5, 0.6) is 5.75 Å². The third kappa shape index (κ3) is 2.85. The molecule has 0 saturated heterocycles. The van der Waals surface area contributed by atoms with E-state index in [0.717, 1.165) is 39.4 Å². The second-order valence-corrected chi connectivity index (χ2v) is 6.91. The Bertz CT molecular complexity index is 1150. The Morgan fingerprint density at radius 3 is 2.25 bits per heavy atom. The summed E-state index contributed by atoms with van der Waals surface area (Å²) in [5.41, 5.74) is 8.50. The lowest BCUT2D eigenvalue weighted by Gasteiger charge is -2.12. The van der Waals surface area contributed by atoms with Gasteiger partial charge in [0, 0.05) is 28.2 Å². The maximum Gasteiger partial charge on any atom is 0.272 e. The molecule has 28 heavy (non-hydrogen) atoms. The van der Waals surface area contributed by atoms with E-state index in [9.17, 15) is 4.79 Å². The minimum atomic E-state index is -0.146. The standard InChI is InChI=1S/C23H23N3O2/c1-15-10-11-16(2)26(15)24-23(27)22-17(3)25(18-8-6-5-7-9-18)21-13-12-19(28-4)14-20(21)22/h5-14H,1-4H3,(H,24,27). The SMILES string of the molecule is COc1ccc2c(c1)c(C(=O)Nn1c(C)ccc1C)c(C)n2-c1ccccc1. The van der Waals surface area contributed by atoms with Crippen molar-refractivity contribution in [1.82, 2.24) is 9.24 Å². The fraction of sp³-hybridized carbons (Fsp3) is 0.174. The van der Waals surface area contributed by atoms with Gasteiger partial charge in [-0.3, -0.25) is 14.9 Å². The van der Waals surface area contributed by atoms with Crippen LogP contribution in [0.1, 0.15) is 27.4 Å². The zero-order chi connectivity index (χ0) is 19.8. The number of para-hydroxylation sites is 1. The van der Waals surface area contributed by atoms with Crippen LogP contribution in [-0.2, 0) is 0 Å². The second-order valence-electron chi connectivity index (χ2n) is 6.91. The van der Waals surface area contributed by atoms with E-state index in [4.69, 9.17) is 4.74 Å². The number of aromatic nitrogens is 2. The molecule has 2 aromatic carbocycles. The molecule has 5 heteroatoms. The van der Waals surface area contributed by atoms with E-state index in [1.807, 2.05) is 86.1 Å². The molecule has 0 aliphatic carbocycles. The van der Waals surface area contributed by atoms with E-state index in [0.29, 0.717) is 5.56 Å². The molecule has 0 spiro atoms. The van der Waals surface area contributed by atoms with Crippen LogP contribution in [0.15, 0.2) is 60.7 Å². The topological polar surface area (TPSA) is 48.2 Å². The van der Waals surface area contributed by atoms with Gasteiger partial charge < -0.3 is 9.30 Å². The summed E-state index contributed by atoms with van der Waals surface area (Å²) in [6.07, 6.45) is 0.